The average molecular weight is 412 g/mol. The van der Waals surface area contributed by atoms with Crippen LogP contribution in [0.25, 0.3) is 10.9 Å². The number of anilines is 1. The van der Waals surface area contributed by atoms with E-state index in [-0.39, 0.29) is 0 Å². The Morgan fingerprint density at radius 1 is 1.24 bits per heavy atom. The number of nitrogens with zero attached hydrogens (tertiary/aromatic N) is 2. The Morgan fingerprint density at radius 2 is 2.10 bits per heavy atom. The summed E-state index contributed by atoms with van der Waals surface area (Å²) in [5.41, 5.74) is 6.61. The van der Waals surface area contributed by atoms with Gasteiger partial charge in [-0.3, -0.25) is 9.88 Å². The quantitative estimate of drug-likeness (QED) is 0.553. The maximum atomic E-state index is 6.30. The smallest absolute Gasteiger partial charge is 0.0741 e. The van der Waals surface area contributed by atoms with E-state index in [1.54, 1.807) is 0 Å². The minimum atomic E-state index is 0.586. The first-order chi connectivity index (χ1) is 14.2. The molecule has 1 fully saturated rings. The summed E-state index contributed by atoms with van der Waals surface area (Å²) in [7, 11) is 0. The van der Waals surface area contributed by atoms with E-state index in [1.807, 2.05) is 12.1 Å². The summed E-state index contributed by atoms with van der Waals surface area (Å²) < 4.78 is 5.46. The third kappa shape index (κ3) is 4.03. The highest BCUT2D eigenvalue weighted by Gasteiger charge is 2.33. The molecule has 154 valence electrons. The molecule has 1 N–H and O–H groups in total. The largest absolute Gasteiger partial charge is 0.384 e. The number of fused-ring (bicyclic) bond motifs is 5. The van der Waals surface area contributed by atoms with Gasteiger partial charge in [0.1, 0.15) is 0 Å². The van der Waals surface area contributed by atoms with Gasteiger partial charge in [0.15, 0.2) is 0 Å². The number of nitrogens with one attached hydrogen (secondary N) is 1. The molecule has 4 nitrogen and oxygen atoms in total. The normalized spacial score (nSPS) is 24.3. The zero-order valence-electron chi connectivity index (χ0n) is 17.2. The molecular formula is C24H30ClN3O. The summed E-state index contributed by atoms with van der Waals surface area (Å²) >= 11 is 6.30. The van der Waals surface area contributed by atoms with E-state index in [9.17, 15) is 0 Å². The SMILES string of the molecule is CC1=C[C@@H]2Cc3nc4cc(Cl)ccc4c(NCCCN4CCOCC4)c3[C@H](C1)C2. The van der Waals surface area contributed by atoms with E-state index >= 15 is 0 Å². The van der Waals surface area contributed by atoms with Gasteiger partial charge in [0.2, 0.25) is 0 Å². The number of rotatable bonds is 5. The van der Waals surface area contributed by atoms with Gasteiger partial charge in [0, 0.05) is 47.0 Å². The third-order valence-corrected chi connectivity index (χ3v) is 6.90. The van der Waals surface area contributed by atoms with Crippen LogP contribution in [0.3, 0.4) is 0 Å². The standard InChI is InChI=1S/C24H30ClN3O/c1-16-11-17-13-18(12-16)23-22(14-17)27-21-15-19(25)3-4-20(21)24(23)26-5-2-6-28-7-9-29-10-8-28/h3-4,11,15,17-18H,2,5-10,12-14H2,1H3,(H,26,27)/t17-,18+/m0/s1. The summed E-state index contributed by atoms with van der Waals surface area (Å²) in [4.78, 5) is 7.58. The first-order valence-electron chi connectivity index (χ1n) is 11.0. The van der Waals surface area contributed by atoms with Crippen molar-refractivity contribution in [2.45, 2.75) is 38.5 Å². The van der Waals surface area contributed by atoms with Crippen LogP contribution in [0.5, 0.6) is 0 Å². The Balaban J connectivity index is 1.42. The molecule has 1 saturated heterocycles. The molecule has 2 aliphatic carbocycles. The number of halogens is 1. The number of hydrogen-bond acceptors (Lipinski definition) is 4. The minimum Gasteiger partial charge on any atom is -0.384 e. The highest BCUT2D eigenvalue weighted by Crippen LogP contribution is 2.47. The molecule has 1 aliphatic heterocycles. The Bertz CT molecular complexity index is 935. The Kier molecular flexibility index (Phi) is 5.51. The number of benzene rings is 1. The van der Waals surface area contributed by atoms with Gasteiger partial charge in [0.25, 0.3) is 0 Å². The van der Waals surface area contributed by atoms with Crippen molar-refractivity contribution in [2.75, 3.05) is 44.7 Å². The van der Waals surface area contributed by atoms with Gasteiger partial charge in [0.05, 0.1) is 18.7 Å². The van der Waals surface area contributed by atoms with Crippen LogP contribution < -0.4 is 5.32 Å². The van der Waals surface area contributed by atoms with Gasteiger partial charge >= 0.3 is 0 Å². The molecule has 0 saturated carbocycles. The lowest BCUT2D eigenvalue weighted by atomic mass is 9.71. The molecule has 0 spiro atoms. The van der Waals surface area contributed by atoms with Crippen LogP contribution in [0.1, 0.15) is 43.4 Å². The van der Waals surface area contributed by atoms with Crippen LogP contribution in [0.2, 0.25) is 5.02 Å². The number of morpholine rings is 1. The summed E-state index contributed by atoms with van der Waals surface area (Å²) in [6, 6.07) is 6.16. The molecule has 0 radical (unpaired) electrons. The van der Waals surface area contributed by atoms with Crippen LogP contribution in [0.15, 0.2) is 29.8 Å². The molecule has 5 rings (SSSR count). The highest BCUT2D eigenvalue weighted by molar-refractivity contribution is 6.31. The third-order valence-electron chi connectivity index (χ3n) is 6.66. The van der Waals surface area contributed by atoms with Crippen molar-refractivity contribution in [3.63, 3.8) is 0 Å². The number of allylic oxidation sites excluding steroid dienone is 2. The lowest BCUT2D eigenvalue weighted by Gasteiger charge is -2.36. The first kappa shape index (κ1) is 19.3. The van der Waals surface area contributed by atoms with Crippen molar-refractivity contribution in [1.82, 2.24) is 9.88 Å². The van der Waals surface area contributed by atoms with E-state index in [0.29, 0.717) is 11.8 Å². The van der Waals surface area contributed by atoms with E-state index in [2.05, 4.69) is 29.3 Å². The average Bonchev–Trinajstić information content (AvgIpc) is 2.70. The molecule has 0 unspecified atom stereocenters. The Hall–Kier alpha value is -1.62. The molecule has 1 aromatic carbocycles. The fourth-order valence-corrected chi connectivity index (χ4v) is 5.58. The maximum absolute atomic E-state index is 6.30. The zero-order valence-corrected chi connectivity index (χ0v) is 18.0. The second kappa shape index (κ2) is 8.25. The number of pyridine rings is 1. The van der Waals surface area contributed by atoms with Crippen LogP contribution in [-0.2, 0) is 11.2 Å². The van der Waals surface area contributed by atoms with E-state index in [4.69, 9.17) is 21.3 Å². The molecule has 2 atom stereocenters. The number of aromatic nitrogens is 1. The Labute approximate surface area is 178 Å². The fourth-order valence-electron chi connectivity index (χ4n) is 5.42. The molecule has 1 aromatic heterocycles. The highest BCUT2D eigenvalue weighted by atomic mass is 35.5. The number of hydrogen-bond donors (Lipinski definition) is 1. The minimum absolute atomic E-state index is 0.586. The van der Waals surface area contributed by atoms with Crippen molar-refractivity contribution in [2.24, 2.45) is 5.92 Å². The number of ether oxygens (including phenoxy) is 1. The van der Waals surface area contributed by atoms with Crippen molar-refractivity contribution in [1.29, 1.82) is 0 Å². The molecular weight excluding hydrogens is 382 g/mol. The molecule has 29 heavy (non-hydrogen) atoms. The second-order valence-electron chi connectivity index (χ2n) is 8.86. The van der Waals surface area contributed by atoms with Crippen molar-refractivity contribution in [3.05, 3.63) is 46.1 Å². The van der Waals surface area contributed by atoms with Gasteiger partial charge in [-0.15, -0.1) is 0 Å². The van der Waals surface area contributed by atoms with Crippen molar-refractivity contribution >= 4 is 28.2 Å². The predicted molar refractivity (Wildman–Crippen MR) is 120 cm³/mol. The predicted octanol–water partition coefficient (Wildman–Crippen LogP) is 5.02. The molecule has 2 heterocycles. The van der Waals surface area contributed by atoms with Gasteiger partial charge in [-0.1, -0.05) is 23.3 Å². The molecule has 5 heteroatoms. The van der Waals surface area contributed by atoms with Crippen molar-refractivity contribution in [3.8, 4) is 0 Å². The zero-order chi connectivity index (χ0) is 19.8. The topological polar surface area (TPSA) is 37.4 Å². The lowest BCUT2D eigenvalue weighted by Crippen LogP contribution is -2.37. The summed E-state index contributed by atoms with van der Waals surface area (Å²) in [5.74, 6) is 1.22. The van der Waals surface area contributed by atoms with Crippen LogP contribution in [-0.4, -0.2) is 49.3 Å². The molecule has 2 bridgehead atoms. The van der Waals surface area contributed by atoms with Crippen LogP contribution in [0, 0.1) is 5.92 Å². The monoisotopic (exact) mass is 411 g/mol. The second-order valence-corrected chi connectivity index (χ2v) is 9.29. The van der Waals surface area contributed by atoms with Gasteiger partial charge < -0.3 is 10.1 Å². The molecule has 2 aromatic rings. The lowest BCUT2D eigenvalue weighted by molar-refractivity contribution is 0.0378. The van der Waals surface area contributed by atoms with Crippen LogP contribution in [0.4, 0.5) is 5.69 Å². The van der Waals surface area contributed by atoms with E-state index in [1.165, 1.54) is 34.3 Å². The molecule has 3 aliphatic rings. The van der Waals surface area contributed by atoms with Crippen molar-refractivity contribution < 1.29 is 4.74 Å². The maximum Gasteiger partial charge on any atom is 0.0741 e. The van der Waals surface area contributed by atoms with Crippen LogP contribution >= 0.6 is 11.6 Å². The van der Waals surface area contributed by atoms with Gasteiger partial charge in [-0.2, -0.15) is 0 Å². The molecule has 0 amide bonds. The van der Waals surface area contributed by atoms with Gasteiger partial charge in [-0.05, 0) is 69.2 Å². The van der Waals surface area contributed by atoms with E-state index < -0.39 is 0 Å². The fraction of sp³-hybridized carbons (Fsp3) is 0.542. The summed E-state index contributed by atoms with van der Waals surface area (Å²) in [6.07, 6.45) is 7.07. The first-order valence-corrected chi connectivity index (χ1v) is 11.4. The van der Waals surface area contributed by atoms with Gasteiger partial charge in [-0.25, -0.2) is 0 Å². The van der Waals surface area contributed by atoms with E-state index in [0.717, 1.165) is 69.2 Å². The Morgan fingerprint density at radius 3 is 2.97 bits per heavy atom. The summed E-state index contributed by atoms with van der Waals surface area (Å²) in [5, 5.41) is 5.80. The summed E-state index contributed by atoms with van der Waals surface area (Å²) in [6.45, 7) is 8.24.